The number of likely N-dealkylation sites (N-methyl/N-ethyl adjacent to an activating group) is 1. The molecule has 0 bridgehead atoms. The van der Waals surface area contributed by atoms with Crippen LogP contribution in [0.2, 0.25) is 0 Å². The first-order valence-corrected chi connectivity index (χ1v) is 7.98. The summed E-state index contributed by atoms with van der Waals surface area (Å²) in [5.41, 5.74) is 4.97. The molecule has 6 heteroatoms. The summed E-state index contributed by atoms with van der Waals surface area (Å²) in [6, 6.07) is 0.682. The summed E-state index contributed by atoms with van der Waals surface area (Å²) < 4.78 is 0. The van der Waals surface area contributed by atoms with Gasteiger partial charge < -0.3 is 21.2 Å². The van der Waals surface area contributed by atoms with Gasteiger partial charge >= 0.3 is 0 Å². The number of carbonyl (C=O) groups excluding carboxylic acids is 1. The molecule has 0 aromatic heterocycles. The highest BCUT2D eigenvalue weighted by Gasteiger charge is 2.41. The van der Waals surface area contributed by atoms with E-state index in [1.54, 1.807) is 0 Å². The molecule has 0 aromatic carbocycles. The number of hydrogen-bond donors (Lipinski definition) is 3. The van der Waals surface area contributed by atoms with Gasteiger partial charge in [-0.2, -0.15) is 0 Å². The zero-order chi connectivity index (χ0) is 15.9. The number of hydrogen-bond acceptors (Lipinski definition) is 4. The van der Waals surface area contributed by atoms with Crippen molar-refractivity contribution >= 4 is 11.7 Å². The predicted molar refractivity (Wildman–Crippen MR) is 84.3 cm³/mol. The van der Waals surface area contributed by atoms with E-state index in [9.17, 15) is 4.79 Å². The molecule has 0 atom stereocenters. The van der Waals surface area contributed by atoms with Crippen LogP contribution < -0.4 is 11.1 Å². The maximum absolute atomic E-state index is 12.6. The Kier molecular flexibility index (Phi) is 6.95. The Bertz CT molecular complexity index is 361. The molecule has 0 aromatic rings. The van der Waals surface area contributed by atoms with Crippen LogP contribution in [-0.4, -0.2) is 48.0 Å². The maximum Gasteiger partial charge on any atom is 0.233 e. The lowest BCUT2D eigenvalue weighted by molar-refractivity contribution is -0.128. The monoisotopic (exact) mass is 298 g/mol. The van der Waals surface area contributed by atoms with Gasteiger partial charge in [0.25, 0.3) is 0 Å². The van der Waals surface area contributed by atoms with Crippen molar-refractivity contribution in [2.75, 3.05) is 20.1 Å². The van der Waals surface area contributed by atoms with Crippen LogP contribution in [-0.2, 0) is 4.79 Å². The largest absolute Gasteiger partial charge is 0.409 e. The Morgan fingerprint density at radius 2 is 1.95 bits per heavy atom. The van der Waals surface area contributed by atoms with Crippen LogP contribution >= 0.6 is 0 Å². The number of carbonyl (C=O) groups is 1. The molecule has 4 N–H and O–H groups in total. The number of nitrogens with one attached hydrogen (secondary N) is 1. The van der Waals surface area contributed by atoms with Gasteiger partial charge in [-0.3, -0.25) is 4.79 Å². The van der Waals surface area contributed by atoms with Crippen molar-refractivity contribution in [3.63, 3.8) is 0 Å². The molecule has 1 rings (SSSR count). The van der Waals surface area contributed by atoms with Crippen LogP contribution in [0, 0.1) is 5.41 Å². The Morgan fingerprint density at radius 3 is 2.38 bits per heavy atom. The van der Waals surface area contributed by atoms with E-state index in [0.29, 0.717) is 25.4 Å². The number of rotatable bonds is 10. The van der Waals surface area contributed by atoms with Crippen molar-refractivity contribution in [3.8, 4) is 0 Å². The normalized spacial score (nSPS) is 16.3. The smallest absolute Gasteiger partial charge is 0.233 e. The van der Waals surface area contributed by atoms with Gasteiger partial charge in [0, 0.05) is 19.1 Å². The van der Waals surface area contributed by atoms with E-state index in [-0.39, 0.29) is 11.7 Å². The van der Waals surface area contributed by atoms with Crippen LogP contribution in [0.25, 0.3) is 0 Å². The van der Waals surface area contributed by atoms with Gasteiger partial charge in [0.2, 0.25) is 5.91 Å². The molecular formula is C15H30N4O2. The third-order valence-electron chi connectivity index (χ3n) is 4.31. The maximum atomic E-state index is 12.6. The molecule has 0 heterocycles. The Morgan fingerprint density at radius 1 is 1.38 bits per heavy atom. The second-order valence-electron chi connectivity index (χ2n) is 6.04. The molecule has 0 saturated heterocycles. The van der Waals surface area contributed by atoms with Crippen molar-refractivity contribution in [2.45, 2.75) is 58.4 Å². The number of nitrogens with two attached hydrogens (primary N) is 1. The first kappa shape index (κ1) is 17.8. The minimum Gasteiger partial charge on any atom is -0.409 e. The van der Waals surface area contributed by atoms with Gasteiger partial charge in [-0.15, -0.1) is 0 Å². The van der Waals surface area contributed by atoms with Crippen molar-refractivity contribution in [2.24, 2.45) is 16.3 Å². The zero-order valence-corrected chi connectivity index (χ0v) is 13.6. The van der Waals surface area contributed by atoms with Gasteiger partial charge in [-0.25, -0.2) is 0 Å². The average Bonchev–Trinajstić information content (AvgIpc) is 3.30. The van der Waals surface area contributed by atoms with Crippen molar-refractivity contribution in [3.05, 3.63) is 0 Å². The molecule has 122 valence electrons. The highest BCUT2D eigenvalue weighted by atomic mass is 16.4. The minimum atomic E-state index is -0.879. The summed E-state index contributed by atoms with van der Waals surface area (Å²) in [7, 11) is 2.08. The molecule has 1 aliphatic carbocycles. The van der Waals surface area contributed by atoms with Crippen LogP contribution in [0.3, 0.4) is 0 Å². The van der Waals surface area contributed by atoms with Gasteiger partial charge in [0.15, 0.2) is 5.84 Å². The molecule has 6 nitrogen and oxygen atoms in total. The van der Waals surface area contributed by atoms with E-state index in [1.807, 2.05) is 13.8 Å². The molecular weight excluding hydrogens is 268 g/mol. The topological polar surface area (TPSA) is 91.0 Å². The number of oxime groups is 1. The van der Waals surface area contributed by atoms with Crippen molar-refractivity contribution in [1.29, 1.82) is 0 Å². The van der Waals surface area contributed by atoms with Gasteiger partial charge in [-0.1, -0.05) is 31.8 Å². The molecule has 1 amide bonds. The van der Waals surface area contributed by atoms with E-state index in [0.717, 1.165) is 19.4 Å². The summed E-state index contributed by atoms with van der Waals surface area (Å²) in [6.07, 6.45) is 5.33. The number of amides is 1. The molecule has 0 unspecified atom stereocenters. The molecule has 1 saturated carbocycles. The van der Waals surface area contributed by atoms with E-state index in [2.05, 4.69) is 22.4 Å². The van der Waals surface area contributed by atoms with Crippen molar-refractivity contribution < 1.29 is 10.0 Å². The van der Waals surface area contributed by atoms with E-state index in [1.165, 1.54) is 12.8 Å². The third kappa shape index (κ3) is 4.59. The minimum absolute atomic E-state index is 0.0271. The summed E-state index contributed by atoms with van der Waals surface area (Å²) in [5, 5.41) is 15.1. The lowest BCUT2D eigenvalue weighted by Gasteiger charge is -2.31. The molecule has 0 radical (unpaired) electrons. The highest BCUT2D eigenvalue weighted by Crippen LogP contribution is 2.31. The second-order valence-corrected chi connectivity index (χ2v) is 6.04. The van der Waals surface area contributed by atoms with Crippen LogP contribution in [0.1, 0.15) is 52.4 Å². The Labute approximate surface area is 127 Å². The number of nitrogens with zero attached hydrogens (tertiary/aromatic N) is 2. The molecule has 1 aliphatic rings. The fraction of sp³-hybridized carbons (Fsp3) is 0.867. The fourth-order valence-corrected chi connectivity index (χ4v) is 2.89. The highest BCUT2D eigenvalue weighted by molar-refractivity contribution is 6.06. The average molecular weight is 298 g/mol. The molecule has 0 aliphatic heterocycles. The Balaban J connectivity index is 2.64. The zero-order valence-electron chi connectivity index (χ0n) is 13.6. The van der Waals surface area contributed by atoms with Gasteiger partial charge in [0.05, 0.1) is 0 Å². The number of amidine groups is 1. The summed E-state index contributed by atoms with van der Waals surface area (Å²) >= 11 is 0. The summed E-state index contributed by atoms with van der Waals surface area (Å²) in [6.45, 7) is 5.44. The fourth-order valence-electron chi connectivity index (χ4n) is 2.89. The lowest BCUT2D eigenvalue weighted by atomic mass is 9.77. The Hall–Kier alpha value is -1.30. The van der Waals surface area contributed by atoms with Crippen LogP contribution in [0.15, 0.2) is 5.16 Å². The SMILES string of the molecule is CCCC(CCC)(C(=O)NCCN(C)C1CC1)C(N)=NO. The quantitative estimate of drug-likeness (QED) is 0.247. The molecule has 21 heavy (non-hydrogen) atoms. The van der Waals surface area contributed by atoms with Crippen LogP contribution in [0.4, 0.5) is 0 Å². The van der Waals surface area contributed by atoms with E-state index in [4.69, 9.17) is 10.9 Å². The van der Waals surface area contributed by atoms with Gasteiger partial charge in [-0.05, 0) is 32.7 Å². The molecule has 1 fully saturated rings. The standard InChI is InChI=1S/C15H30N4O2/c1-4-8-15(9-5-2,13(16)18-21)14(20)17-10-11-19(3)12-6-7-12/h12,21H,4-11H2,1-3H3,(H2,16,18)(H,17,20). The second kappa shape index (κ2) is 8.22. The molecule has 0 spiro atoms. The summed E-state index contributed by atoms with van der Waals surface area (Å²) in [5.74, 6) is -0.0926. The summed E-state index contributed by atoms with van der Waals surface area (Å²) in [4.78, 5) is 14.9. The first-order chi connectivity index (χ1) is 10.0. The van der Waals surface area contributed by atoms with Gasteiger partial charge in [0.1, 0.15) is 5.41 Å². The van der Waals surface area contributed by atoms with E-state index < -0.39 is 5.41 Å². The third-order valence-corrected chi connectivity index (χ3v) is 4.31. The van der Waals surface area contributed by atoms with Crippen molar-refractivity contribution in [1.82, 2.24) is 10.2 Å². The first-order valence-electron chi connectivity index (χ1n) is 7.98. The predicted octanol–water partition coefficient (Wildman–Crippen LogP) is 1.53. The van der Waals surface area contributed by atoms with Crippen LogP contribution in [0.5, 0.6) is 0 Å². The lowest BCUT2D eigenvalue weighted by Crippen LogP contribution is -2.51. The van der Waals surface area contributed by atoms with E-state index >= 15 is 0 Å².